The van der Waals surface area contributed by atoms with Gasteiger partial charge >= 0.3 is 11.9 Å². The summed E-state index contributed by atoms with van der Waals surface area (Å²) in [7, 11) is 1.79. The maximum atomic E-state index is 13.5. The van der Waals surface area contributed by atoms with Gasteiger partial charge < -0.3 is 14.2 Å². The average Bonchev–Trinajstić information content (AvgIpc) is 3.45. The molecule has 5 aliphatic carbocycles. The fourth-order valence-electron chi connectivity index (χ4n) is 13.4. The van der Waals surface area contributed by atoms with Gasteiger partial charge in [-0.25, -0.2) is 0 Å². The number of hydrogen-bond donors (Lipinski definition) is 0. The summed E-state index contributed by atoms with van der Waals surface area (Å²) in [6.07, 6.45) is 16.3. The van der Waals surface area contributed by atoms with Crippen LogP contribution in [0.5, 0.6) is 0 Å². The molecule has 0 spiro atoms. The zero-order valence-corrected chi connectivity index (χ0v) is 32.7. The SMILES string of the molecule is C=C(C)[C@@H]1CC[C@]2(/C=C/OC)CC[C@]3(C)C(CCC4[C@@]5(C)CC[C@H](OC(=O)CC(C)(C)C(=O)OCc6ccccc6)C(C)(C)C5CC[C@]43C)C12. The lowest BCUT2D eigenvalue weighted by Gasteiger charge is -2.73. The topological polar surface area (TPSA) is 61.8 Å². The van der Waals surface area contributed by atoms with Crippen LogP contribution in [0.4, 0.5) is 0 Å². The van der Waals surface area contributed by atoms with Crippen LogP contribution in [0.15, 0.2) is 54.8 Å². The molecular formula is C45H66O5. The van der Waals surface area contributed by atoms with Crippen LogP contribution in [0.2, 0.25) is 0 Å². The third-order valence-electron chi connectivity index (χ3n) is 16.2. The summed E-state index contributed by atoms with van der Waals surface area (Å²) >= 11 is 0. The van der Waals surface area contributed by atoms with Crippen molar-refractivity contribution in [3.05, 3.63) is 60.4 Å². The summed E-state index contributed by atoms with van der Waals surface area (Å²) in [6.45, 7) is 23.3. The second kappa shape index (κ2) is 13.1. The Bertz CT molecular complexity index is 1480. The van der Waals surface area contributed by atoms with Gasteiger partial charge in [-0.3, -0.25) is 9.59 Å². The Morgan fingerprint density at radius 2 is 1.60 bits per heavy atom. The van der Waals surface area contributed by atoms with Crippen LogP contribution in [0.1, 0.15) is 132 Å². The molecule has 0 saturated heterocycles. The van der Waals surface area contributed by atoms with E-state index in [1.54, 1.807) is 21.0 Å². The summed E-state index contributed by atoms with van der Waals surface area (Å²) in [6, 6.07) is 9.66. The molecule has 4 unspecified atom stereocenters. The van der Waals surface area contributed by atoms with E-state index in [2.05, 4.69) is 54.2 Å². The summed E-state index contributed by atoms with van der Waals surface area (Å²) in [5.74, 6) is 2.39. The molecule has 0 aliphatic heterocycles. The second-order valence-corrected chi connectivity index (χ2v) is 19.4. The molecule has 0 bridgehead atoms. The van der Waals surface area contributed by atoms with E-state index in [0.29, 0.717) is 29.6 Å². The van der Waals surface area contributed by atoms with E-state index in [4.69, 9.17) is 14.2 Å². The molecular weight excluding hydrogens is 620 g/mol. The average molecular weight is 687 g/mol. The van der Waals surface area contributed by atoms with Crippen LogP contribution in [-0.4, -0.2) is 25.2 Å². The first kappa shape index (κ1) is 37.2. The maximum Gasteiger partial charge on any atom is 0.312 e. The Morgan fingerprint density at radius 3 is 2.28 bits per heavy atom. The Morgan fingerprint density at radius 1 is 0.880 bits per heavy atom. The number of methoxy groups -OCH3 is 1. The van der Waals surface area contributed by atoms with Crippen LogP contribution < -0.4 is 0 Å². The minimum Gasteiger partial charge on any atom is -0.505 e. The van der Waals surface area contributed by atoms with Gasteiger partial charge in [0, 0.05) is 5.41 Å². The maximum absolute atomic E-state index is 13.5. The Balaban J connectivity index is 1.17. The Labute approximate surface area is 303 Å². The zero-order valence-electron chi connectivity index (χ0n) is 32.7. The molecule has 6 rings (SSSR count). The molecule has 276 valence electrons. The molecule has 0 heterocycles. The van der Waals surface area contributed by atoms with Crippen molar-refractivity contribution >= 4 is 11.9 Å². The van der Waals surface area contributed by atoms with Gasteiger partial charge in [0.05, 0.1) is 25.2 Å². The number of carbonyl (C=O) groups is 2. The molecule has 0 radical (unpaired) electrons. The molecule has 5 saturated carbocycles. The first-order valence-corrected chi connectivity index (χ1v) is 19.7. The van der Waals surface area contributed by atoms with Gasteiger partial charge in [-0.05, 0) is 148 Å². The summed E-state index contributed by atoms with van der Waals surface area (Å²) in [4.78, 5) is 26.6. The first-order chi connectivity index (χ1) is 23.4. The third-order valence-corrected chi connectivity index (χ3v) is 16.2. The summed E-state index contributed by atoms with van der Waals surface area (Å²) < 4.78 is 17.5. The highest BCUT2D eigenvalue weighted by atomic mass is 16.5. The predicted molar refractivity (Wildman–Crippen MR) is 200 cm³/mol. The molecule has 5 aliphatic rings. The summed E-state index contributed by atoms with van der Waals surface area (Å²) in [5, 5.41) is 0. The van der Waals surface area contributed by atoms with E-state index in [9.17, 15) is 9.59 Å². The molecule has 10 atom stereocenters. The van der Waals surface area contributed by atoms with Gasteiger partial charge in [0.15, 0.2) is 0 Å². The van der Waals surface area contributed by atoms with E-state index in [0.717, 1.165) is 18.4 Å². The second-order valence-electron chi connectivity index (χ2n) is 19.4. The molecule has 0 N–H and O–H groups in total. The molecule has 5 fully saturated rings. The minimum atomic E-state index is -0.959. The highest BCUT2D eigenvalue weighted by Crippen LogP contribution is 2.77. The monoisotopic (exact) mass is 686 g/mol. The highest BCUT2D eigenvalue weighted by Gasteiger charge is 2.70. The zero-order chi connectivity index (χ0) is 36.3. The number of ether oxygens (including phenoxy) is 3. The number of hydrogen-bond acceptors (Lipinski definition) is 5. The largest absolute Gasteiger partial charge is 0.505 e. The first-order valence-electron chi connectivity index (χ1n) is 19.7. The highest BCUT2D eigenvalue weighted by molar-refractivity contribution is 5.82. The number of esters is 2. The van der Waals surface area contributed by atoms with Crippen LogP contribution in [0.25, 0.3) is 0 Å². The van der Waals surface area contributed by atoms with Crippen molar-refractivity contribution in [3.8, 4) is 0 Å². The van der Waals surface area contributed by atoms with Crippen molar-refractivity contribution < 1.29 is 23.8 Å². The molecule has 0 aromatic heterocycles. The molecule has 1 aromatic rings. The van der Waals surface area contributed by atoms with E-state index >= 15 is 0 Å². The van der Waals surface area contributed by atoms with Crippen LogP contribution >= 0.6 is 0 Å². The lowest BCUT2D eigenvalue weighted by atomic mass is 9.32. The van der Waals surface area contributed by atoms with Gasteiger partial charge in [-0.15, -0.1) is 0 Å². The fraction of sp³-hybridized carbons (Fsp3) is 0.733. The quantitative estimate of drug-likeness (QED) is 0.147. The van der Waals surface area contributed by atoms with E-state index < -0.39 is 5.41 Å². The lowest BCUT2D eigenvalue weighted by Crippen LogP contribution is -2.66. The van der Waals surface area contributed by atoms with Crippen molar-refractivity contribution in [3.63, 3.8) is 0 Å². The number of benzene rings is 1. The smallest absolute Gasteiger partial charge is 0.312 e. The fourth-order valence-corrected chi connectivity index (χ4v) is 13.4. The van der Waals surface area contributed by atoms with Crippen molar-refractivity contribution in [1.82, 2.24) is 0 Å². The van der Waals surface area contributed by atoms with Crippen molar-refractivity contribution in [2.75, 3.05) is 7.11 Å². The number of fused-ring (bicyclic) bond motifs is 7. The van der Waals surface area contributed by atoms with E-state index in [1.165, 1.54) is 56.9 Å². The van der Waals surface area contributed by atoms with Crippen LogP contribution in [-0.2, 0) is 30.4 Å². The standard InChI is InChI=1S/C45H66O5/c1-30(2)32-18-23-45(26-27-48-10)25-24-43(8)33(38(32)45)16-17-35-42(7)21-20-36(41(5,6)34(42)19-22-44(35,43)9)50-37(46)28-40(3,4)39(47)49-29-31-14-12-11-13-15-31/h11-15,26-27,32-36,38H,1,16-25,28-29H2,2-10H3/b27-26+/t32-,33?,34?,35?,36-,38?,42-,43+,44+,45+/m0/s1. The van der Waals surface area contributed by atoms with Crippen molar-refractivity contribution in [2.45, 2.75) is 139 Å². The van der Waals surface area contributed by atoms with Crippen molar-refractivity contribution in [2.24, 2.45) is 62.1 Å². The van der Waals surface area contributed by atoms with E-state index in [1.807, 2.05) is 36.6 Å². The number of rotatable bonds is 9. The molecule has 1 aromatic carbocycles. The third kappa shape index (κ3) is 5.89. The van der Waals surface area contributed by atoms with Crippen LogP contribution in [0, 0.1) is 62.1 Å². The molecule has 50 heavy (non-hydrogen) atoms. The summed E-state index contributed by atoms with van der Waals surface area (Å²) in [5.41, 5.74) is 2.17. The number of allylic oxidation sites excluding steroid dienone is 2. The minimum absolute atomic E-state index is 0.0168. The lowest BCUT2D eigenvalue weighted by molar-refractivity contribution is -0.247. The predicted octanol–water partition coefficient (Wildman–Crippen LogP) is 10.9. The van der Waals surface area contributed by atoms with E-state index in [-0.39, 0.29) is 58.1 Å². The van der Waals surface area contributed by atoms with Gasteiger partial charge in [-0.2, -0.15) is 0 Å². The number of carbonyl (C=O) groups excluding carboxylic acids is 2. The molecule has 5 nitrogen and oxygen atoms in total. The van der Waals surface area contributed by atoms with Gasteiger partial charge in [0.2, 0.25) is 0 Å². The van der Waals surface area contributed by atoms with Crippen molar-refractivity contribution in [1.29, 1.82) is 0 Å². The van der Waals surface area contributed by atoms with Crippen LogP contribution in [0.3, 0.4) is 0 Å². The molecule has 5 heteroatoms. The Hall–Kier alpha value is -2.56. The normalized spacial score (nSPS) is 40.5. The van der Waals surface area contributed by atoms with Gasteiger partial charge in [0.25, 0.3) is 0 Å². The van der Waals surface area contributed by atoms with Gasteiger partial charge in [0.1, 0.15) is 12.7 Å². The Kier molecular flexibility index (Phi) is 9.77. The van der Waals surface area contributed by atoms with Gasteiger partial charge in [-0.1, -0.05) is 77.1 Å². The molecule has 0 amide bonds.